The zero-order chi connectivity index (χ0) is 17.3. The van der Waals surface area contributed by atoms with Crippen LogP contribution in [0, 0.1) is 0 Å². The molecule has 0 radical (unpaired) electrons. The van der Waals surface area contributed by atoms with Crippen molar-refractivity contribution in [1.82, 2.24) is 4.98 Å². The zero-order valence-electron chi connectivity index (χ0n) is 12.9. The molecule has 1 atom stereocenters. The number of ether oxygens (including phenoxy) is 1. The second-order valence-electron chi connectivity index (χ2n) is 5.65. The molecule has 4 nitrogen and oxygen atoms in total. The number of halogens is 3. The Balaban J connectivity index is 1.76. The summed E-state index contributed by atoms with van der Waals surface area (Å²) in [4.78, 5) is 18.2. The van der Waals surface area contributed by atoms with Crippen LogP contribution in [0.25, 0.3) is 0 Å². The molecule has 1 aromatic carbocycles. The third-order valence-electron chi connectivity index (χ3n) is 3.79. The monoisotopic (exact) mass is 336 g/mol. The molecule has 0 saturated carbocycles. The number of fused-ring (bicyclic) bond motifs is 1. The number of alkyl halides is 3. The van der Waals surface area contributed by atoms with Crippen molar-refractivity contribution in [1.29, 1.82) is 0 Å². The van der Waals surface area contributed by atoms with Gasteiger partial charge in [-0.1, -0.05) is 18.2 Å². The molecular formula is C17H15F3N2O2. The first kappa shape index (κ1) is 16.3. The second-order valence-corrected chi connectivity index (χ2v) is 5.65. The number of hydrogen-bond donors (Lipinski definition) is 0. The summed E-state index contributed by atoms with van der Waals surface area (Å²) in [5.41, 5.74) is 2.25. The van der Waals surface area contributed by atoms with E-state index in [0.717, 1.165) is 17.7 Å². The summed E-state index contributed by atoms with van der Waals surface area (Å²) in [6.45, 7) is 0.538. The van der Waals surface area contributed by atoms with E-state index in [9.17, 15) is 18.0 Å². The van der Waals surface area contributed by atoms with Gasteiger partial charge in [-0.2, -0.15) is 13.2 Å². The molecule has 24 heavy (non-hydrogen) atoms. The molecule has 2 heterocycles. The summed E-state index contributed by atoms with van der Waals surface area (Å²) >= 11 is 0. The molecular weight excluding hydrogens is 321 g/mol. The van der Waals surface area contributed by atoms with Crippen LogP contribution in [0.1, 0.15) is 22.8 Å². The highest BCUT2D eigenvalue weighted by Crippen LogP contribution is 2.33. The van der Waals surface area contributed by atoms with Gasteiger partial charge in [-0.05, 0) is 31.0 Å². The van der Waals surface area contributed by atoms with Crippen LogP contribution in [-0.2, 0) is 6.42 Å². The Kier molecular flexibility index (Phi) is 4.17. The topological polar surface area (TPSA) is 42.4 Å². The van der Waals surface area contributed by atoms with Gasteiger partial charge in [-0.3, -0.25) is 4.79 Å². The summed E-state index contributed by atoms with van der Waals surface area (Å²) < 4.78 is 40.9. The predicted molar refractivity (Wildman–Crippen MR) is 82.2 cm³/mol. The number of para-hydroxylation sites is 1. The summed E-state index contributed by atoms with van der Waals surface area (Å²) in [7, 11) is 0. The minimum Gasteiger partial charge on any atom is -0.468 e. The quantitative estimate of drug-likeness (QED) is 0.860. The lowest BCUT2D eigenvalue weighted by Gasteiger charge is -2.22. The second kappa shape index (κ2) is 6.14. The molecule has 0 N–H and O–H groups in total. The highest BCUT2D eigenvalue weighted by Gasteiger charge is 2.31. The first-order chi connectivity index (χ1) is 11.3. The van der Waals surface area contributed by atoms with Crippen LogP contribution in [0.15, 0.2) is 42.6 Å². The number of nitrogens with zero attached hydrogens (tertiary/aromatic N) is 2. The minimum absolute atomic E-state index is 0.0102. The predicted octanol–water partition coefficient (Wildman–Crippen LogP) is 3.61. The fraction of sp³-hybridized carbons (Fsp3) is 0.294. The largest absolute Gasteiger partial charge is 0.468 e. The Morgan fingerprint density at radius 3 is 2.71 bits per heavy atom. The number of carbonyl (C=O) groups excluding carboxylic acids is 1. The van der Waals surface area contributed by atoms with E-state index in [4.69, 9.17) is 0 Å². The third kappa shape index (κ3) is 3.34. The Hall–Kier alpha value is -2.57. The molecule has 1 aromatic heterocycles. The lowest BCUT2D eigenvalue weighted by molar-refractivity contribution is -0.154. The van der Waals surface area contributed by atoms with Crippen LogP contribution in [0.3, 0.4) is 0 Å². The first-order valence-electron chi connectivity index (χ1n) is 7.42. The smallest absolute Gasteiger partial charge is 0.422 e. The molecule has 1 aliphatic rings. The molecule has 0 spiro atoms. The maximum absolute atomic E-state index is 12.7. The van der Waals surface area contributed by atoms with E-state index >= 15 is 0 Å². The molecule has 0 unspecified atom stereocenters. The summed E-state index contributed by atoms with van der Waals surface area (Å²) in [5, 5.41) is 0. The highest BCUT2D eigenvalue weighted by molar-refractivity contribution is 6.07. The fourth-order valence-corrected chi connectivity index (χ4v) is 2.76. The van der Waals surface area contributed by atoms with E-state index in [0.29, 0.717) is 5.56 Å². The van der Waals surface area contributed by atoms with Crippen molar-refractivity contribution in [2.45, 2.75) is 25.6 Å². The molecule has 0 fully saturated rings. The van der Waals surface area contributed by atoms with Crippen LogP contribution in [0.4, 0.5) is 18.9 Å². The molecule has 7 heteroatoms. The SMILES string of the molecule is C[C@@H]1Cc2ccccc2N1C(=O)c1ccc(OCC(F)(F)F)nc1. The van der Waals surface area contributed by atoms with Gasteiger partial charge in [-0.15, -0.1) is 0 Å². The lowest BCUT2D eigenvalue weighted by Crippen LogP contribution is -2.35. The lowest BCUT2D eigenvalue weighted by atomic mass is 10.1. The molecule has 126 valence electrons. The molecule has 0 bridgehead atoms. The minimum atomic E-state index is -4.43. The Labute approximate surface area is 136 Å². The number of pyridine rings is 1. The van der Waals surface area contributed by atoms with Crippen molar-refractivity contribution < 1.29 is 22.7 Å². The summed E-state index contributed by atoms with van der Waals surface area (Å²) in [6.07, 6.45) is -2.42. The van der Waals surface area contributed by atoms with Gasteiger partial charge >= 0.3 is 6.18 Å². The van der Waals surface area contributed by atoms with Crippen LogP contribution in [-0.4, -0.2) is 29.7 Å². The van der Waals surface area contributed by atoms with E-state index in [1.165, 1.54) is 18.3 Å². The summed E-state index contributed by atoms with van der Waals surface area (Å²) in [6, 6.07) is 10.4. The Morgan fingerprint density at radius 1 is 1.29 bits per heavy atom. The van der Waals surface area contributed by atoms with E-state index < -0.39 is 12.8 Å². The van der Waals surface area contributed by atoms with E-state index in [2.05, 4.69) is 9.72 Å². The van der Waals surface area contributed by atoms with Gasteiger partial charge in [-0.25, -0.2) is 4.98 Å². The van der Waals surface area contributed by atoms with Crippen LogP contribution >= 0.6 is 0 Å². The van der Waals surface area contributed by atoms with Crippen LogP contribution in [0.2, 0.25) is 0 Å². The van der Waals surface area contributed by atoms with Crippen molar-refractivity contribution in [2.75, 3.05) is 11.5 Å². The van der Waals surface area contributed by atoms with Gasteiger partial charge in [0.2, 0.25) is 5.88 Å². The van der Waals surface area contributed by atoms with Gasteiger partial charge in [0.1, 0.15) is 0 Å². The van der Waals surface area contributed by atoms with Crippen molar-refractivity contribution in [3.63, 3.8) is 0 Å². The fourth-order valence-electron chi connectivity index (χ4n) is 2.76. The molecule has 3 rings (SSSR count). The van der Waals surface area contributed by atoms with E-state index in [-0.39, 0.29) is 17.8 Å². The molecule has 0 saturated heterocycles. The average Bonchev–Trinajstić information content (AvgIpc) is 2.88. The normalized spacial score (nSPS) is 16.8. The highest BCUT2D eigenvalue weighted by atomic mass is 19.4. The molecule has 0 aliphatic carbocycles. The number of amides is 1. The summed E-state index contributed by atoms with van der Waals surface area (Å²) in [5.74, 6) is -0.402. The number of rotatable bonds is 3. The van der Waals surface area contributed by atoms with Gasteiger partial charge < -0.3 is 9.64 Å². The standard InChI is InChI=1S/C17H15F3N2O2/c1-11-8-12-4-2-3-5-14(12)22(11)16(23)13-6-7-15(21-9-13)24-10-17(18,19)20/h2-7,9,11H,8,10H2,1H3/t11-/m1/s1. The maximum Gasteiger partial charge on any atom is 0.422 e. The Bertz CT molecular complexity index is 744. The molecule has 1 aliphatic heterocycles. The number of benzene rings is 1. The number of aromatic nitrogens is 1. The van der Waals surface area contributed by atoms with E-state index in [1.807, 2.05) is 31.2 Å². The zero-order valence-corrected chi connectivity index (χ0v) is 12.9. The van der Waals surface area contributed by atoms with Gasteiger partial charge in [0.15, 0.2) is 6.61 Å². The third-order valence-corrected chi connectivity index (χ3v) is 3.79. The van der Waals surface area contributed by atoms with Crippen molar-refractivity contribution in [2.24, 2.45) is 0 Å². The van der Waals surface area contributed by atoms with E-state index in [1.54, 1.807) is 4.90 Å². The van der Waals surface area contributed by atoms with Crippen LogP contribution in [0.5, 0.6) is 5.88 Å². The Morgan fingerprint density at radius 2 is 2.04 bits per heavy atom. The number of carbonyl (C=O) groups is 1. The van der Waals surface area contributed by atoms with Crippen LogP contribution < -0.4 is 9.64 Å². The number of hydrogen-bond acceptors (Lipinski definition) is 3. The first-order valence-corrected chi connectivity index (χ1v) is 7.42. The molecule has 1 amide bonds. The van der Waals surface area contributed by atoms with Crippen molar-refractivity contribution >= 4 is 11.6 Å². The van der Waals surface area contributed by atoms with Gasteiger partial charge in [0, 0.05) is 24.0 Å². The van der Waals surface area contributed by atoms with Gasteiger partial charge in [0.05, 0.1) is 5.56 Å². The maximum atomic E-state index is 12.7. The van der Waals surface area contributed by atoms with Crippen molar-refractivity contribution in [3.05, 3.63) is 53.7 Å². The van der Waals surface area contributed by atoms with Crippen molar-refractivity contribution in [3.8, 4) is 5.88 Å². The number of anilines is 1. The molecule has 2 aromatic rings. The average molecular weight is 336 g/mol. The van der Waals surface area contributed by atoms with Gasteiger partial charge in [0.25, 0.3) is 5.91 Å².